The lowest BCUT2D eigenvalue weighted by Crippen LogP contribution is -2.26. The summed E-state index contributed by atoms with van der Waals surface area (Å²) in [5.41, 5.74) is 1.98. The molecule has 34 heavy (non-hydrogen) atoms. The van der Waals surface area contributed by atoms with Gasteiger partial charge in [-0.2, -0.15) is 13.2 Å². The van der Waals surface area contributed by atoms with Crippen LogP contribution in [0.1, 0.15) is 37.8 Å². The molecule has 0 aromatic heterocycles. The molecule has 0 radical (unpaired) electrons. The predicted molar refractivity (Wildman–Crippen MR) is 121 cm³/mol. The molecule has 186 valence electrons. The van der Waals surface area contributed by atoms with Crippen LogP contribution in [0.15, 0.2) is 48.5 Å². The van der Waals surface area contributed by atoms with Crippen LogP contribution in [0.4, 0.5) is 13.2 Å². The molecule has 3 atom stereocenters. The van der Waals surface area contributed by atoms with Gasteiger partial charge in [0.25, 0.3) is 0 Å². The third-order valence-corrected chi connectivity index (χ3v) is 6.10. The second-order valence-electron chi connectivity index (χ2n) is 9.32. The van der Waals surface area contributed by atoms with Gasteiger partial charge in [-0.3, -0.25) is 0 Å². The van der Waals surface area contributed by atoms with E-state index in [-0.39, 0.29) is 37.3 Å². The van der Waals surface area contributed by atoms with E-state index in [1.807, 2.05) is 36.4 Å². The van der Waals surface area contributed by atoms with E-state index in [1.165, 1.54) is 0 Å². The van der Waals surface area contributed by atoms with E-state index in [2.05, 4.69) is 26.0 Å². The highest BCUT2D eigenvalue weighted by Crippen LogP contribution is 2.33. The number of halogens is 3. The average Bonchev–Trinajstić information content (AvgIpc) is 3.72. The number of rotatable bonds is 13. The highest BCUT2D eigenvalue weighted by Gasteiger charge is 2.30. The summed E-state index contributed by atoms with van der Waals surface area (Å²) in [5.74, 6) is 1.41. The van der Waals surface area contributed by atoms with Crippen molar-refractivity contribution < 1.29 is 36.9 Å². The monoisotopic (exact) mass is 480 g/mol. The Morgan fingerprint density at radius 3 is 1.82 bits per heavy atom. The third kappa shape index (κ3) is 7.61. The summed E-state index contributed by atoms with van der Waals surface area (Å²) in [6, 6.07) is 15.7. The first-order valence-corrected chi connectivity index (χ1v) is 11.6. The minimum absolute atomic E-state index is 0.0113. The fourth-order valence-corrected chi connectivity index (χ4v) is 3.59. The molecule has 0 spiro atoms. The predicted octanol–water partition coefficient (Wildman–Crippen LogP) is 5.30. The van der Waals surface area contributed by atoms with Crippen molar-refractivity contribution in [3.8, 4) is 11.5 Å². The Morgan fingerprint density at radius 1 is 0.824 bits per heavy atom. The van der Waals surface area contributed by atoms with Gasteiger partial charge in [-0.25, -0.2) is 0 Å². The Bertz CT molecular complexity index is 904. The average molecular weight is 481 g/mol. The molecule has 2 heterocycles. The van der Waals surface area contributed by atoms with Crippen LogP contribution in [-0.2, 0) is 19.6 Å². The van der Waals surface area contributed by atoms with Crippen LogP contribution in [0.3, 0.4) is 0 Å². The number of epoxide rings is 2. The van der Waals surface area contributed by atoms with Crippen molar-refractivity contribution in [1.82, 2.24) is 0 Å². The minimum atomic E-state index is -4.22. The van der Waals surface area contributed by atoms with Crippen molar-refractivity contribution in [2.75, 3.05) is 33.0 Å². The lowest BCUT2D eigenvalue weighted by Gasteiger charge is -2.26. The van der Waals surface area contributed by atoms with Gasteiger partial charge >= 0.3 is 6.18 Å². The van der Waals surface area contributed by atoms with Crippen LogP contribution in [-0.4, -0.2) is 57.5 Å². The van der Waals surface area contributed by atoms with E-state index in [9.17, 15) is 13.2 Å². The van der Waals surface area contributed by atoms with E-state index < -0.39 is 18.7 Å². The molecule has 3 unspecified atom stereocenters. The smallest absolute Gasteiger partial charge is 0.389 e. The second-order valence-corrected chi connectivity index (χ2v) is 9.32. The van der Waals surface area contributed by atoms with Crippen molar-refractivity contribution in [1.29, 1.82) is 0 Å². The minimum Gasteiger partial charge on any atom is -0.491 e. The summed E-state index contributed by atoms with van der Waals surface area (Å²) in [4.78, 5) is 0. The number of benzene rings is 2. The van der Waals surface area contributed by atoms with E-state index >= 15 is 0 Å². The highest BCUT2D eigenvalue weighted by molar-refractivity contribution is 5.41. The van der Waals surface area contributed by atoms with Crippen molar-refractivity contribution in [2.24, 2.45) is 0 Å². The van der Waals surface area contributed by atoms with E-state index in [1.54, 1.807) is 0 Å². The highest BCUT2D eigenvalue weighted by atomic mass is 19.4. The van der Waals surface area contributed by atoms with Crippen LogP contribution in [0.2, 0.25) is 0 Å². The van der Waals surface area contributed by atoms with Gasteiger partial charge in [0, 0.05) is 11.8 Å². The third-order valence-electron chi connectivity index (χ3n) is 6.10. The van der Waals surface area contributed by atoms with Crippen LogP contribution in [0, 0.1) is 0 Å². The van der Waals surface area contributed by atoms with Crippen LogP contribution < -0.4 is 9.47 Å². The molecule has 0 aliphatic carbocycles. The summed E-state index contributed by atoms with van der Waals surface area (Å²) in [6.07, 6.45) is -5.71. The van der Waals surface area contributed by atoms with E-state index in [0.717, 1.165) is 23.5 Å². The van der Waals surface area contributed by atoms with E-state index in [4.69, 9.17) is 23.7 Å². The van der Waals surface area contributed by atoms with Crippen molar-refractivity contribution in [3.05, 3.63) is 59.7 Å². The maximum Gasteiger partial charge on any atom is 0.389 e. The first-order valence-electron chi connectivity index (χ1n) is 11.6. The fraction of sp³-hybridized carbons (Fsp3) is 0.538. The lowest BCUT2D eigenvalue weighted by atomic mass is 9.78. The Balaban J connectivity index is 1.32. The summed E-state index contributed by atoms with van der Waals surface area (Å²) >= 11 is 0. The fourth-order valence-electron chi connectivity index (χ4n) is 3.59. The molecule has 0 saturated carbocycles. The first-order chi connectivity index (χ1) is 16.2. The molecule has 0 N–H and O–H groups in total. The molecule has 2 saturated heterocycles. The van der Waals surface area contributed by atoms with Crippen molar-refractivity contribution >= 4 is 0 Å². The van der Waals surface area contributed by atoms with Gasteiger partial charge in [-0.1, -0.05) is 38.1 Å². The van der Waals surface area contributed by atoms with Crippen LogP contribution in [0.5, 0.6) is 11.5 Å². The second kappa shape index (κ2) is 10.5. The zero-order valence-corrected chi connectivity index (χ0v) is 19.5. The Labute approximate surface area is 198 Å². The molecule has 5 nitrogen and oxygen atoms in total. The number of ether oxygens (including phenoxy) is 5. The molecule has 2 aliphatic heterocycles. The molecule has 2 aromatic carbocycles. The summed E-state index contributed by atoms with van der Waals surface area (Å²) in [6.45, 7) is 6.54. The Kier molecular flexibility index (Phi) is 7.70. The van der Waals surface area contributed by atoms with Crippen LogP contribution >= 0.6 is 0 Å². The SMILES string of the molecule is CC(C)(c1ccc(OCC(CCC(F)(F)F)OCC2CO2)cc1)c1ccc(OCC2CO2)cc1. The molecular formula is C26H31F3O5. The number of alkyl halides is 3. The summed E-state index contributed by atoms with van der Waals surface area (Å²) in [7, 11) is 0. The molecular weight excluding hydrogens is 449 g/mol. The van der Waals surface area contributed by atoms with E-state index in [0.29, 0.717) is 19.0 Å². The van der Waals surface area contributed by atoms with Gasteiger partial charge in [0.2, 0.25) is 0 Å². The zero-order valence-electron chi connectivity index (χ0n) is 19.5. The molecule has 4 rings (SSSR count). The Morgan fingerprint density at radius 2 is 1.32 bits per heavy atom. The Hall–Kier alpha value is -2.29. The van der Waals surface area contributed by atoms with Gasteiger partial charge in [-0.05, 0) is 41.8 Å². The van der Waals surface area contributed by atoms with Gasteiger partial charge in [0.05, 0.1) is 25.9 Å². The van der Waals surface area contributed by atoms with Crippen molar-refractivity contribution in [2.45, 2.75) is 56.6 Å². The molecule has 2 aliphatic rings. The summed E-state index contributed by atoms with van der Waals surface area (Å²) < 4.78 is 65.3. The largest absolute Gasteiger partial charge is 0.491 e. The quantitative estimate of drug-likeness (QED) is 0.365. The molecule has 2 fully saturated rings. The molecule has 0 amide bonds. The molecule has 2 aromatic rings. The van der Waals surface area contributed by atoms with Gasteiger partial charge < -0.3 is 23.7 Å². The molecule has 8 heteroatoms. The maximum atomic E-state index is 12.6. The normalized spacial score (nSPS) is 20.6. The van der Waals surface area contributed by atoms with Gasteiger partial charge in [0.1, 0.15) is 36.9 Å². The number of hydrogen-bond acceptors (Lipinski definition) is 5. The van der Waals surface area contributed by atoms with Crippen molar-refractivity contribution in [3.63, 3.8) is 0 Å². The van der Waals surface area contributed by atoms with Gasteiger partial charge in [-0.15, -0.1) is 0 Å². The zero-order chi connectivity index (χ0) is 24.2. The lowest BCUT2D eigenvalue weighted by molar-refractivity contribution is -0.143. The number of hydrogen-bond donors (Lipinski definition) is 0. The maximum absolute atomic E-state index is 12.6. The topological polar surface area (TPSA) is 52.8 Å². The standard InChI is InChI=1S/C26H31F3O5/c1-25(2,19-5-9-21(10-6-19)31-14-23-16-33-23)18-3-7-20(8-4-18)30-13-22(11-12-26(27,28)29)32-15-24-17-34-24/h3-10,22-24H,11-17H2,1-2H3. The molecule has 0 bridgehead atoms. The van der Waals surface area contributed by atoms with Crippen LogP contribution in [0.25, 0.3) is 0 Å². The summed E-state index contributed by atoms with van der Waals surface area (Å²) in [5, 5.41) is 0. The van der Waals surface area contributed by atoms with Gasteiger partial charge in [0.15, 0.2) is 0 Å². The first kappa shape index (κ1) is 24.8.